The van der Waals surface area contributed by atoms with Crippen LogP contribution in [0.4, 0.5) is 0 Å². The Hall–Kier alpha value is -1.13. The Morgan fingerprint density at radius 2 is 2.27 bits per heavy atom. The van der Waals surface area contributed by atoms with Gasteiger partial charge in [-0.1, -0.05) is 0 Å². The third-order valence-corrected chi connectivity index (χ3v) is 3.31. The summed E-state index contributed by atoms with van der Waals surface area (Å²) in [4.78, 5) is 1.34. The summed E-state index contributed by atoms with van der Waals surface area (Å²) in [5.74, 6) is 0. The van der Waals surface area contributed by atoms with E-state index in [1.54, 1.807) is 11.3 Å². The lowest BCUT2D eigenvalue weighted by Crippen LogP contribution is -2.16. The first-order chi connectivity index (χ1) is 7.20. The fourth-order valence-corrected chi connectivity index (χ4v) is 2.46. The summed E-state index contributed by atoms with van der Waals surface area (Å²) in [5, 5.41) is 9.71. The Bertz CT molecular complexity index is 404. The highest BCUT2D eigenvalue weighted by molar-refractivity contribution is 7.10. The molecule has 0 aliphatic rings. The highest BCUT2D eigenvalue weighted by Crippen LogP contribution is 2.25. The zero-order valence-electron chi connectivity index (χ0n) is 9.19. The Morgan fingerprint density at radius 3 is 2.73 bits per heavy atom. The van der Waals surface area contributed by atoms with E-state index in [-0.39, 0.29) is 6.04 Å². The van der Waals surface area contributed by atoms with Gasteiger partial charge in [-0.2, -0.15) is 5.10 Å². The van der Waals surface area contributed by atoms with Crippen molar-refractivity contribution in [1.82, 2.24) is 15.1 Å². The molecule has 0 spiro atoms. The summed E-state index contributed by atoms with van der Waals surface area (Å²) in [6.45, 7) is 2.13. The molecular formula is C11H15N3S. The van der Waals surface area contributed by atoms with Crippen molar-refractivity contribution in [2.45, 2.75) is 13.0 Å². The van der Waals surface area contributed by atoms with Crippen molar-refractivity contribution in [2.24, 2.45) is 7.05 Å². The number of hydrogen-bond donors (Lipinski definition) is 1. The minimum absolute atomic E-state index is 0.253. The summed E-state index contributed by atoms with van der Waals surface area (Å²) < 4.78 is 1.83. The number of aryl methyl sites for hydroxylation is 2. The van der Waals surface area contributed by atoms with Gasteiger partial charge in [-0.25, -0.2) is 0 Å². The van der Waals surface area contributed by atoms with Gasteiger partial charge in [-0.05, 0) is 31.0 Å². The van der Waals surface area contributed by atoms with Crippen LogP contribution in [0.3, 0.4) is 0 Å². The zero-order chi connectivity index (χ0) is 10.8. The number of aromatic nitrogens is 2. The lowest BCUT2D eigenvalue weighted by Gasteiger charge is -2.12. The van der Waals surface area contributed by atoms with Crippen LogP contribution in [0.2, 0.25) is 0 Å². The first kappa shape index (κ1) is 10.4. The van der Waals surface area contributed by atoms with Crippen LogP contribution in [0.25, 0.3) is 0 Å². The maximum absolute atomic E-state index is 4.20. The summed E-state index contributed by atoms with van der Waals surface area (Å²) in [6, 6.07) is 2.47. The first-order valence-electron chi connectivity index (χ1n) is 4.91. The van der Waals surface area contributed by atoms with E-state index in [9.17, 15) is 0 Å². The summed E-state index contributed by atoms with van der Waals surface area (Å²) in [7, 11) is 3.92. The maximum atomic E-state index is 4.20. The second-order valence-corrected chi connectivity index (χ2v) is 4.78. The van der Waals surface area contributed by atoms with Crippen molar-refractivity contribution < 1.29 is 0 Å². The lowest BCUT2D eigenvalue weighted by atomic mass is 10.1. The Balaban J connectivity index is 2.32. The van der Waals surface area contributed by atoms with Crippen LogP contribution in [0.1, 0.15) is 22.0 Å². The summed E-state index contributed by atoms with van der Waals surface area (Å²) in [6.07, 6.45) is 3.96. The summed E-state index contributed by atoms with van der Waals surface area (Å²) in [5.41, 5.74) is 2.52. The minimum Gasteiger partial charge on any atom is -0.309 e. The smallest absolute Gasteiger partial charge is 0.0613 e. The minimum atomic E-state index is 0.253. The van der Waals surface area contributed by atoms with Gasteiger partial charge in [0.2, 0.25) is 0 Å². The van der Waals surface area contributed by atoms with Crippen molar-refractivity contribution in [3.05, 3.63) is 39.8 Å². The molecule has 0 saturated heterocycles. The Morgan fingerprint density at radius 1 is 1.47 bits per heavy atom. The number of nitrogens with zero attached hydrogens (tertiary/aromatic N) is 2. The van der Waals surface area contributed by atoms with Crippen molar-refractivity contribution in [3.63, 3.8) is 0 Å². The molecular weight excluding hydrogens is 206 g/mol. The van der Waals surface area contributed by atoms with Crippen molar-refractivity contribution in [2.75, 3.05) is 7.05 Å². The van der Waals surface area contributed by atoms with E-state index in [1.165, 1.54) is 16.0 Å². The van der Waals surface area contributed by atoms with E-state index >= 15 is 0 Å². The molecule has 0 radical (unpaired) electrons. The van der Waals surface area contributed by atoms with E-state index in [0.29, 0.717) is 0 Å². The van der Waals surface area contributed by atoms with E-state index in [0.717, 1.165) is 0 Å². The van der Waals surface area contributed by atoms with Gasteiger partial charge < -0.3 is 5.32 Å². The number of thiophene rings is 1. The average Bonchev–Trinajstić information content (AvgIpc) is 2.78. The highest BCUT2D eigenvalue weighted by atomic mass is 32.1. The van der Waals surface area contributed by atoms with E-state index in [4.69, 9.17) is 0 Å². The predicted octanol–water partition coefficient (Wildman–Crippen LogP) is 2.10. The molecule has 2 rings (SSSR count). The van der Waals surface area contributed by atoms with Crippen LogP contribution in [0.5, 0.6) is 0 Å². The fourth-order valence-electron chi connectivity index (χ4n) is 1.73. The van der Waals surface area contributed by atoms with E-state index in [2.05, 4.69) is 28.8 Å². The molecule has 0 saturated carbocycles. The highest BCUT2D eigenvalue weighted by Gasteiger charge is 2.14. The van der Waals surface area contributed by atoms with Gasteiger partial charge >= 0.3 is 0 Å². The molecule has 1 unspecified atom stereocenters. The van der Waals surface area contributed by atoms with Crippen LogP contribution < -0.4 is 5.32 Å². The van der Waals surface area contributed by atoms with Gasteiger partial charge in [0, 0.05) is 23.7 Å². The predicted molar refractivity (Wildman–Crippen MR) is 63.2 cm³/mol. The molecule has 2 aromatic rings. The molecule has 2 aromatic heterocycles. The topological polar surface area (TPSA) is 29.9 Å². The maximum Gasteiger partial charge on any atom is 0.0613 e. The molecule has 0 aliphatic carbocycles. The van der Waals surface area contributed by atoms with E-state index < -0.39 is 0 Å². The van der Waals surface area contributed by atoms with Gasteiger partial charge in [-0.15, -0.1) is 11.3 Å². The van der Waals surface area contributed by atoms with Crippen LogP contribution in [-0.2, 0) is 7.05 Å². The van der Waals surface area contributed by atoms with Gasteiger partial charge in [0.05, 0.1) is 12.2 Å². The monoisotopic (exact) mass is 221 g/mol. The number of hydrogen-bond acceptors (Lipinski definition) is 3. The van der Waals surface area contributed by atoms with Crippen LogP contribution in [0.15, 0.2) is 23.8 Å². The molecule has 4 heteroatoms. The normalized spacial score (nSPS) is 13.0. The molecule has 1 atom stereocenters. The fraction of sp³-hybridized carbons (Fsp3) is 0.364. The van der Waals surface area contributed by atoms with Crippen molar-refractivity contribution in [3.8, 4) is 0 Å². The van der Waals surface area contributed by atoms with Crippen LogP contribution in [-0.4, -0.2) is 16.8 Å². The van der Waals surface area contributed by atoms with Gasteiger partial charge in [0.25, 0.3) is 0 Å². The molecule has 15 heavy (non-hydrogen) atoms. The quantitative estimate of drug-likeness (QED) is 0.860. The molecule has 1 N–H and O–H groups in total. The Kier molecular flexibility index (Phi) is 2.88. The average molecular weight is 221 g/mol. The number of rotatable bonds is 3. The molecule has 0 bridgehead atoms. The zero-order valence-corrected chi connectivity index (χ0v) is 10.0. The van der Waals surface area contributed by atoms with Gasteiger partial charge in [-0.3, -0.25) is 4.68 Å². The third kappa shape index (κ3) is 2.11. The molecule has 0 fully saturated rings. The largest absolute Gasteiger partial charge is 0.309 e. The Labute approximate surface area is 93.7 Å². The summed E-state index contributed by atoms with van der Waals surface area (Å²) >= 11 is 1.78. The molecule has 2 heterocycles. The third-order valence-electron chi connectivity index (χ3n) is 2.43. The van der Waals surface area contributed by atoms with Crippen molar-refractivity contribution >= 4 is 11.3 Å². The standard InChI is InChI=1S/C11H15N3S/c1-8-4-9(7-15-8)11(12-2)10-5-13-14(3)6-10/h4-7,11-12H,1-3H3. The van der Waals surface area contributed by atoms with Crippen LogP contribution >= 0.6 is 11.3 Å². The molecule has 0 amide bonds. The lowest BCUT2D eigenvalue weighted by molar-refractivity contribution is 0.691. The van der Waals surface area contributed by atoms with E-state index in [1.807, 2.05) is 31.2 Å². The SMILES string of the molecule is CNC(c1csc(C)c1)c1cnn(C)c1. The van der Waals surface area contributed by atoms with Gasteiger partial charge in [0.1, 0.15) is 0 Å². The van der Waals surface area contributed by atoms with Crippen LogP contribution in [0, 0.1) is 6.92 Å². The first-order valence-corrected chi connectivity index (χ1v) is 5.79. The number of nitrogens with one attached hydrogen (secondary N) is 1. The molecule has 80 valence electrons. The van der Waals surface area contributed by atoms with Gasteiger partial charge in [0.15, 0.2) is 0 Å². The molecule has 3 nitrogen and oxygen atoms in total. The second-order valence-electron chi connectivity index (χ2n) is 3.66. The second kappa shape index (κ2) is 4.16. The molecule has 0 aromatic carbocycles. The molecule has 0 aliphatic heterocycles. The van der Waals surface area contributed by atoms with Crippen molar-refractivity contribution in [1.29, 1.82) is 0 Å².